The second-order valence-electron chi connectivity index (χ2n) is 4.51. The van der Waals surface area contributed by atoms with E-state index in [0.717, 1.165) is 23.4 Å². The Bertz CT molecular complexity index is 572. The molecule has 2 aromatic rings. The molecule has 0 aliphatic heterocycles. The van der Waals surface area contributed by atoms with E-state index in [1.54, 1.807) is 12.1 Å². The summed E-state index contributed by atoms with van der Waals surface area (Å²) in [6.07, 6.45) is 2.79. The monoisotopic (exact) mass is 282 g/mol. The molecule has 3 rings (SSSR count). The van der Waals surface area contributed by atoms with Gasteiger partial charge in [0.25, 0.3) is 0 Å². The maximum Gasteiger partial charge on any atom is 0.180 e. The molecule has 5 heteroatoms. The van der Waals surface area contributed by atoms with Crippen LogP contribution >= 0.6 is 22.9 Å². The first kappa shape index (κ1) is 11.9. The van der Waals surface area contributed by atoms with Crippen LogP contribution in [0.25, 0.3) is 0 Å². The standard InChI is InChI=1S/C13H12ClFN2S/c14-9-2-1-3-10(15)8(9)6-11-12(7-4-5-7)17-13(16)18-11/h1-3,7H,4-6H2,(H2,16,17). The lowest BCUT2D eigenvalue weighted by Gasteiger charge is -2.05. The number of rotatable bonds is 3. The van der Waals surface area contributed by atoms with Gasteiger partial charge in [-0.3, -0.25) is 0 Å². The van der Waals surface area contributed by atoms with E-state index in [1.165, 1.54) is 17.4 Å². The van der Waals surface area contributed by atoms with E-state index in [9.17, 15) is 4.39 Å². The number of nitrogen functional groups attached to an aromatic ring is 1. The van der Waals surface area contributed by atoms with Gasteiger partial charge in [0.05, 0.1) is 5.69 Å². The molecule has 94 valence electrons. The van der Waals surface area contributed by atoms with Gasteiger partial charge < -0.3 is 5.73 Å². The summed E-state index contributed by atoms with van der Waals surface area (Å²) in [4.78, 5) is 5.40. The van der Waals surface area contributed by atoms with Crippen LogP contribution in [0.3, 0.4) is 0 Å². The molecule has 0 unspecified atom stereocenters. The quantitative estimate of drug-likeness (QED) is 0.924. The Morgan fingerprint density at radius 1 is 1.44 bits per heavy atom. The molecule has 1 fully saturated rings. The van der Waals surface area contributed by atoms with Crippen molar-refractivity contribution in [2.75, 3.05) is 5.73 Å². The Morgan fingerprint density at radius 3 is 2.89 bits per heavy atom. The zero-order chi connectivity index (χ0) is 12.7. The van der Waals surface area contributed by atoms with Gasteiger partial charge in [-0.2, -0.15) is 0 Å². The predicted octanol–water partition coefficient (Wildman–Crippen LogP) is 3.99. The van der Waals surface area contributed by atoms with E-state index in [-0.39, 0.29) is 5.82 Å². The molecule has 1 aliphatic carbocycles. The van der Waals surface area contributed by atoms with E-state index >= 15 is 0 Å². The molecular formula is C13H12ClFN2S. The normalized spacial score (nSPS) is 15.0. The van der Waals surface area contributed by atoms with Gasteiger partial charge >= 0.3 is 0 Å². The van der Waals surface area contributed by atoms with Crippen molar-refractivity contribution in [1.29, 1.82) is 0 Å². The maximum atomic E-state index is 13.8. The molecule has 1 aromatic carbocycles. The highest BCUT2D eigenvalue weighted by Crippen LogP contribution is 2.44. The molecule has 18 heavy (non-hydrogen) atoms. The maximum absolute atomic E-state index is 13.8. The van der Waals surface area contributed by atoms with Crippen LogP contribution in [-0.4, -0.2) is 4.98 Å². The molecule has 1 aliphatic rings. The third-order valence-electron chi connectivity index (χ3n) is 3.11. The van der Waals surface area contributed by atoms with Gasteiger partial charge in [0.15, 0.2) is 5.13 Å². The summed E-state index contributed by atoms with van der Waals surface area (Å²) in [6, 6.07) is 4.76. The van der Waals surface area contributed by atoms with Gasteiger partial charge in [0, 0.05) is 27.8 Å². The molecule has 2 nitrogen and oxygen atoms in total. The number of nitrogens with two attached hydrogens (primary N) is 1. The van der Waals surface area contributed by atoms with Crippen LogP contribution in [0.1, 0.15) is 34.9 Å². The fourth-order valence-corrected chi connectivity index (χ4v) is 3.21. The van der Waals surface area contributed by atoms with Crippen molar-refractivity contribution < 1.29 is 4.39 Å². The molecule has 0 saturated heterocycles. The fourth-order valence-electron chi connectivity index (χ4n) is 2.05. The van der Waals surface area contributed by atoms with Gasteiger partial charge in [-0.05, 0) is 25.0 Å². The van der Waals surface area contributed by atoms with Crippen molar-refractivity contribution in [3.8, 4) is 0 Å². The summed E-state index contributed by atoms with van der Waals surface area (Å²) in [5.41, 5.74) is 7.33. The minimum absolute atomic E-state index is 0.267. The van der Waals surface area contributed by atoms with E-state index in [0.29, 0.717) is 28.1 Å². The first-order chi connectivity index (χ1) is 8.65. The minimum Gasteiger partial charge on any atom is -0.375 e. The van der Waals surface area contributed by atoms with E-state index in [2.05, 4.69) is 4.98 Å². The molecule has 1 heterocycles. The van der Waals surface area contributed by atoms with Crippen molar-refractivity contribution in [3.05, 3.63) is 45.2 Å². The first-order valence-corrected chi connectivity index (χ1v) is 7.02. The third kappa shape index (κ3) is 2.22. The summed E-state index contributed by atoms with van der Waals surface area (Å²) in [7, 11) is 0. The van der Waals surface area contributed by atoms with Crippen LogP contribution in [0, 0.1) is 5.82 Å². The number of benzene rings is 1. The number of aromatic nitrogens is 1. The van der Waals surface area contributed by atoms with Crippen LogP contribution in [0.15, 0.2) is 18.2 Å². The highest BCUT2D eigenvalue weighted by Gasteiger charge is 2.29. The van der Waals surface area contributed by atoms with Crippen molar-refractivity contribution in [2.24, 2.45) is 0 Å². The molecule has 0 bridgehead atoms. The molecule has 0 amide bonds. The number of hydrogen-bond acceptors (Lipinski definition) is 3. The van der Waals surface area contributed by atoms with Gasteiger partial charge in [-0.25, -0.2) is 9.37 Å². The summed E-state index contributed by atoms with van der Waals surface area (Å²) < 4.78 is 13.8. The number of anilines is 1. The first-order valence-electron chi connectivity index (χ1n) is 5.83. The fraction of sp³-hybridized carbons (Fsp3) is 0.308. The molecular weight excluding hydrogens is 271 g/mol. The van der Waals surface area contributed by atoms with Crippen LogP contribution < -0.4 is 5.73 Å². The molecule has 1 aromatic heterocycles. The molecule has 2 N–H and O–H groups in total. The minimum atomic E-state index is -0.267. The SMILES string of the molecule is Nc1nc(C2CC2)c(Cc2c(F)cccc2Cl)s1. The largest absolute Gasteiger partial charge is 0.375 e. The lowest BCUT2D eigenvalue weighted by atomic mass is 10.1. The van der Waals surface area contributed by atoms with Crippen molar-refractivity contribution in [1.82, 2.24) is 4.98 Å². The highest BCUT2D eigenvalue weighted by molar-refractivity contribution is 7.15. The van der Waals surface area contributed by atoms with Crippen LogP contribution in [-0.2, 0) is 6.42 Å². The molecule has 0 radical (unpaired) electrons. The van der Waals surface area contributed by atoms with Gasteiger partial charge in [-0.1, -0.05) is 17.7 Å². The average Bonchev–Trinajstić information content (AvgIpc) is 3.09. The highest BCUT2D eigenvalue weighted by atomic mass is 35.5. The van der Waals surface area contributed by atoms with Crippen LogP contribution in [0.2, 0.25) is 5.02 Å². The zero-order valence-electron chi connectivity index (χ0n) is 9.62. The van der Waals surface area contributed by atoms with Crippen LogP contribution in [0.4, 0.5) is 9.52 Å². The zero-order valence-corrected chi connectivity index (χ0v) is 11.2. The summed E-state index contributed by atoms with van der Waals surface area (Å²) >= 11 is 7.48. The van der Waals surface area contributed by atoms with E-state index < -0.39 is 0 Å². The number of hydrogen-bond donors (Lipinski definition) is 1. The molecule has 0 spiro atoms. The molecule has 1 saturated carbocycles. The Morgan fingerprint density at radius 2 is 2.22 bits per heavy atom. The van der Waals surface area contributed by atoms with Gasteiger partial charge in [-0.15, -0.1) is 11.3 Å². The van der Waals surface area contributed by atoms with Crippen molar-refractivity contribution in [2.45, 2.75) is 25.2 Å². The summed E-state index contributed by atoms with van der Waals surface area (Å²) in [5.74, 6) is 0.246. The Kier molecular flexibility index (Phi) is 2.99. The smallest absolute Gasteiger partial charge is 0.180 e. The van der Waals surface area contributed by atoms with E-state index in [1.807, 2.05) is 0 Å². The number of halogens is 2. The lowest BCUT2D eigenvalue weighted by Crippen LogP contribution is -1.95. The summed E-state index contributed by atoms with van der Waals surface area (Å²) in [6.45, 7) is 0. The Labute approximate surface area is 114 Å². The number of thiazole rings is 1. The lowest BCUT2D eigenvalue weighted by molar-refractivity contribution is 0.614. The molecule has 0 atom stereocenters. The van der Waals surface area contributed by atoms with Crippen molar-refractivity contribution in [3.63, 3.8) is 0 Å². The Balaban J connectivity index is 1.97. The summed E-state index contributed by atoms with van der Waals surface area (Å²) in [5, 5.41) is 1.02. The van der Waals surface area contributed by atoms with Gasteiger partial charge in [0.2, 0.25) is 0 Å². The van der Waals surface area contributed by atoms with E-state index in [4.69, 9.17) is 17.3 Å². The van der Waals surface area contributed by atoms with Gasteiger partial charge in [0.1, 0.15) is 5.82 Å². The average molecular weight is 283 g/mol. The second kappa shape index (κ2) is 4.52. The Hall–Kier alpha value is -1.13. The second-order valence-corrected chi connectivity index (χ2v) is 6.03. The topological polar surface area (TPSA) is 38.9 Å². The third-order valence-corrected chi connectivity index (χ3v) is 4.36. The van der Waals surface area contributed by atoms with Crippen LogP contribution in [0.5, 0.6) is 0 Å². The van der Waals surface area contributed by atoms with Crippen molar-refractivity contribution >= 4 is 28.1 Å². The predicted molar refractivity (Wildman–Crippen MR) is 72.7 cm³/mol. The number of nitrogens with zero attached hydrogens (tertiary/aromatic N) is 1.